The molecule has 0 amide bonds. The summed E-state index contributed by atoms with van der Waals surface area (Å²) >= 11 is 6.32. The maximum Gasteiger partial charge on any atom is 0.337 e. The maximum atomic E-state index is 13.2. The molecular formula is C19H13ClFNO2. The molecule has 0 radical (unpaired) electrons. The fourth-order valence-corrected chi connectivity index (χ4v) is 2.75. The highest BCUT2D eigenvalue weighted by atomic mass is 35.5. The van der Waals surface area contributed by atoms with Crippen molar-refractivity contribution in [2.24, 2.45) is 0 Å². The molecule has 0 saturated heterocycles. The van der Waals surface area contributed by atoms with Crippen molar-refractivity contribution in [2.45, 2.75) is 0 Å². The molecule has 0 aliphatic carbocycles. The van der Waals surface area contributed by atoms with Gasteiger partial charge in [0.2, 0.25) is 0 Å². The second kappa shape index (κ2) is 6.72. The second-order valence-electron chi connectivity index (χ2n) is 5.15. The first-order valence-electron chi connectivity index (χ1n) is 7.20. The minimum atomic E-state index is -1.02. The summed E-state index contributed by atoms with van der Waals surface area (Å²) in [6, 6.07) is 17.9. The molecule has 0 spiro atoms. The van der Waals surface area contributed by atoms with Gasteiger partial charge in [-0.1, -0.05) is 41.9 Å². The third-order valence-electron chi connectivity index (χ3n) is 3.57. The Hall–Kier alpha value is -2.85. The molecule has 0 aromatic heterocycles. The van der Waals surface area contributed by atoms with Crippen LogP contribution in [0.2, 0.25) is 5.02 Å². The first-order valence-corrected chi connectivity index (χ1v) is 7.58. The van der Waals surface area contributed by atoms with E-state index in [1.165, 1.54) is 18.2 Å². The standard InChI is InChI=1S/C19H13ClFNO2/c20-15-5-3-7-17(18(15)12-8-10-13(21)11-9-12)22-16-6-2-1-4-14(16)19(23)24/h1-11,22H,(H,23,24). The van der Waals surface area contributed by atoms with E-state index in [-0.39, 0.29) is 11.4 Å². The van der Waals surface area contributed by atoms with Crippen molar-refractivity contribution < 1.29 is 14.3 Å². The van der Waals surface area contributed by atoms with Gasteiger partial charge in [-0.2, -0.15) is 0 Å². The summed E-state index contributed by atoms with van der Waals surface area (Å²) in [5, 5.41) is 12.9. The van der Waals surface area contributed by atoms with Gasteiger partial charge in [0.25, 0.3) is 0 Å². The number of carboxylic acids is 1. The number of para-hydroxylation sites is 1. The largest absolute Gasteiger partial charge is 0.478 e. The van der Waals surface area contributed by atoms with E-state index in [4.69, 9.17) is 11.6 Å². The lowest BCUT2D eigenvalue weighted by Gasteiger charge is -2.15. The van der Waals surface area contributed by atoms with Crippen LogP contribution in [0.5, 0.6) is 0 Å². The number of nitrogens with one attached hydrogen (secondary N) is 1. The fourth-order valence-electron chi connectivity index (χ4n) is 2.46. The van der Waals surface area contributed by atoms with Crippen LogP contribution in [0.15, 0.2) is 66.7 Å². The van der Waals surface area contributed by atoms with Crippen molar-refractivity contribution >= 4 is 28.9 Å². The van der Waals surface area contributed by atoms with Crippen LogP contribution >= 0.6 is 11.6 Å². The predicted octanol–water partition coefficient (Wildman–Crippen LogP) is 5.59. The summed E-state index contributed by atoms with van der Waals surface area (Å²) < 4.78 is 13.2. The fraction of sp³-hybridized carbons (Fsp3) is 0. The van der Waals surface area contributed by atoms with Crippen molar-refractivity contribution in [1.82, 2.24) is 0 Å². The minimum Gasteiger partial charge on any atom is -0.478 e. The Morgan fingerprint density at radius 2 is 1.58 bits per heavy atom. The van der Waals surface area contributed by atoms with Crippen molar-refractivity contribution in [1.29, 1.82) is 0 Å². The highest BCUT2D eigenvalue weighted by Crippen LogP contribution is 2.37. The van der Waals surface area contributed by atoms with Gasteiger partial charge in [-0.15, -0.1) is 0 Å². The predicted molar refractivity (Wildman–Crippen MR) is 93.5 cm³/mol. The first-order chi connectivity index (χ1) is 11.6. The number of halogens is 2. The van der Waals surface area contributed by atoms with Gasteiger partial charge < -0.3 is 10.4 Å². The number of benzene rings is 3. The number of hydrogen-bond acceptors (Lipinski definition) is 2. The quantitative estimate of drug-likeness (QED) is 0.650. The lowest BCUT2D eigenvalue weighted by molar-refractivity contribution is 0.0698. The van der Waals surface area contributed by atoms with Crippen LogP contribution in [-0.2, 0) is 0 Å². The normalized spacial score (nSPS) is 10.4. The van der Waals surface area contributed by atoms with Crippen LogP contribution in [0.3, 0.4) is 0 Å². The van der Waals surface area contributed by atoms with Crippen LogP contribution in [0.1, 0.15) is 10.4 Å². The lowest BCUT2D eigenvalue weighted by Crippen LogP contribution is -2.03. The molecular weight excluding hydrogens is 329 g/mol. The number of carbonyl (C=O) groups is 1. The molecule has 24 heavy (non-hydrogen) atoms. The molecule has 3 aromatic rings. The number of anilines is 2. The summed E-state index contributed by atoms with van der Waals surface area (Å²) in [5.41, 5.74) is 2.66. The Labute approximate surface area is 143 Å². The highest BCUT2D eigenvalue weighted by Gasteiger charge is 2.13. The van der Waals surface area contributed by atoms with Crippen LogP contribution in [0.25, 0.3) is 11.1 Å². The Balaban J connectivity index is 2.08. The molecule has 0 aliphatic heterocycles. The van der Waals surface area contributed by atoms with E-state index in [1.807, 2.05) is 0 Å². The molecule has 5 heteroatoms. The van der Waals surface area contributed by atoms with Gasteiger partial charge in [0.05, 0.1) is 16.3 Å². The topological polar surface area (TPSA) is 49.3 Å². The zero-order valence-electron chi connectivity index (χ0n) is 12.5. The van der Waals surface area contributed by atoms with E-state index in [0.717, 1.165) is 5.56 Å². The van der Waals surface area contributed by atoms with Gasteiger partial charge in [-0.25, -0.2) is 9.18 Å². The third-order valence-corrected chi connectivity index (χ3v) is 3.89. The lowest BCUT2D eigenvalue weighted by atomic mass is 10.0. The summed E-state index contributed by atoms with van der Waals surface area (Å²) in [6.45, 7) is 0. The molecule has 3 aromatic carbocycles. The number of carboxylic acid groups (broad SMARTS) is 1. The zero-order valence-corrected chi connectivity index (χ0v) is 13.2. The average molecular weight is 342 g/mol. The first kappa shape index (κ1) is 16.0. The van der Waals surface area contributed by atoms with Crippen molar-refractivity contribution in [2.75, 3.05) is 5.32 Å². The second-order valence-corrected chi connectivity index (χ2v) is 5.55. The highest BCUT2D eigenvalue weighted by molar-refractivity contribution is 6.34. The van der Waals surface area contributed by atoms with E-state index in [1.54, 1.807) is 48.5 Å². The molecule has 0 fully saturated rings. The van der Waals surface area contributed by atoms with E-state index in [0.29, 0.717) is 22.0 Å². The van der Waals surface area contributed by atoms with E-state index in [9.17, 15) is 14.3 Å². The smallest absolute Gasteiger partial charge is 0.337 e. The van der Waals surface area contributed by atoms with Gasteiger partial charge in [-0.3, -0.25) is 0 Å². The average Bonchev–Trinajstić information content (AvgIpc) is 2.57. The summed E-state index contributed by atoms with van der Waals surface area (Å²) in [6.07, 6.45) is 0. The molecule has 3 rings (SSSR count). The zero-order chi connectivity index (χ0) is 17.1. The van der Waals surface area contributed by atoms with Gasteiger partial charge in [-0.05, 0) is 42.0 Å². The molecule has 0 saturated carbocycles. The van der Waals surface area contributed by atoms with Crippen molar-refractivity contribution in [3.05, 3.63) is 83.1 Å². The monoisotopic (exact) mass is 341 g/mol. The molecule has 3 nitrogen and oxygen atoms in total. The third kappa shape index (κ3) is 3.24. The van der Waals surface area contributed by atoms with E-state index >= 15 is 0 Å². The van der Waals surface area contributed by atoms with Crippen LogP contribution < -0.4 is 5.32 Å². The number of aromatic carboxylic acids is 1. The molecule has 0 heterocycles. The minimum absolute atomic E-state index is 0.155. The van der Waals surface area contributed by atoms with Crippen LogP contribution in [-0.4, -0.2) is 11.1 Å². The molecule has 0 aliphatic rings. The summed E-state index contributed by atoms with van der Waals surface area (Å²) in [4.78, 5) is 11.4. The maximum absolute atomic E-state index is 13.2. The SMILES string of the molecule is O=C(O)c1ccccc1Nc1cccc(Cl)c1-c1ccc(F)cc1. The number of rotatable bonds is 4. The summed E-state index contributed by atoms with van der Waals surface area (Å²) in [5.74, 6) is -1.36. The molecule has 0 bridgehead atoms. The molecule has 0 atom stereocenters. The van der Waals surface area contributed by atoms with Gasteiger partial charge >= 0.3 is 5.97 Å². The van der Waals surface area contributed by atoms with Gasteiger partial charge in [0.1, 0.15) is 5.82 Å². The van der Waals surface area contributed by atoms with Crippen LogP contribution in [0, 0.1) is 5.82 Å². The van der Waals surface area contributed by atoms with Gasteiger partial charge in [0.15, 0.2) is 0 Å². The summed E-state index contributed by atoms with van der Waals surface area (Å²) in [7, 11) is 0. The Morgan fingerprint density at radius 1 is 0.917 bits per heavy atom. The molecule has 120 valence electrons. The van der Waals surface area contributed by atoms with Crippen molar-refractivity contribution in [3.63, 3.8) is 0 Å². The molecule has 0 unspecified atom stereocenters. The van der Waals surface area contributed by atoms with Gasteiger partial charge in [0, 0.05) is 11.3 Å². The van der Waals surface area contributed by atoms with E-state index < -0.39 is 5.97 Å². The Bertz CT molecular complexity index is 894. The van der Waals surface area contributed by atoms with Crippen LogP contribution in [0.4, 0.5) is 15.8 Å². The number of hydrogen-bond donors (Lipinski definition) is 2. The Morgan fingerprint density at radius 3 is 2.29 bits per heavy atom. The Kier molecular flexibility index (Phi) is 4.49. The van der Waals surface area contributed by atoms with E-state index in [2.05, 4.69) is 5.32 Å². The van der Waals surface area contributed by atoms with Crippen molar-refractivity contribution in [3.8, 4) is 11.1 Å². The molecule has 2 N–H and O–H groups in total.